The van der Waals surface area contributed by atoms with Gasteiger partial charge in [0, 0.05) is 29.4 Å². The molecule has 1 aromatic rings. The van der Waals surface area contributed by atoms with Crippen LogP contribution in [0.1, 0.15) is 18.5 Å². The highest BCUT2D eigenvalue weighted by Crippen LogP contribution is 2.20. The molecule has 2 heterocycles. The summed E-state index contributed by atoms with van der Waals surface area (Å²) in [6.45, 7) is 2.03. The Labute approximate surface area is 89.5 Å². The van der Waals surface area contributed by atoms with E-state index >= 15 is 0 Å². The lowest BCUT2D eigenvalue weighted by atomic mass is 10.2. The third kappa shape index (κ3) is 2.64. The second kappa shape index (κ2) is 4.69. The molecule has 0 saturated carbocycles. The molecule has 1 aromatic heterocycles. The first-order valence-corrected chi connectivity index (χ1v) is 6.27. The fourth-order valence-electron chi connectivity index (χ4n) is 1.73. The van der Waals surface area contributed by atoms with Gasteiger partial charge in [-0.25, -0.2) is 0 Å². The van der Waals surface area contributed by atoms with E-state index in [1.54, 1.807) is 0 Å². The van der Waals surface area contributed by atoms with Crippen LogP contribution in [0.15, 0.2) is 18.3 Å². The topological polar surface area (TPSA) is 24.9 Å². The molecule has 1 saturated heterocycles. The van der Waals surface area contributed by atoms with Crippen LogP contribution in [0.5, 0.6) is 0 Å². The van der Waals surface area contributed by atoms with E-state index in [0.717, 1.165) is 5.69 Å². The Kier molecular flexibility index (Phi) is 3.30. The van der Waals surface area contributed by atoms with Gasteiger partial charge in [0.25, 0.3) is 0 Å². The molecule has 0 aromatic carbocycles. The van der Waals surface area contributed by atoms with Gasteiger partial charge in [-0.05, 0) is 37.7 Å². The Balaban J connectivity index is 1.95. The van der Waals surface area contributed by atoms with Crippen LogP contribution < -0.4 is 5.32 Å². The van der Waals surface area contributed by atoms with Crippen LogP contribution in [0.25, 0.3) is 0 Å². The van der Waals surface area contributed by atoms with E-state index < -0.39 is 0 Å². The van der Waals surface area contributed by atoms with Crippen LogP contribution in [0.3, 0.4) is 0 Å². The average molecular weight is 208 g/mol. The molecule has 0 amide bonds. The highest BCUT2D eigenvalue weighted by atomic mass is 32.2. The average Bonchev–Trinajstić information content (AvgIpc) is 2.19. The van der Waals surface area contributed by atoms with Crippen molar-refractivity contribution in [3.8, 4) is 0 Å². The van der Waals surface area contributed by atoms with Crippen LogP contribution in [0, 0.1) is 6.92 Å². The van der Waals surface area contributed by atoms with Gasteiger partial charge in [0.05, 0.1) is 0 Å². The summed E-state index contributed by atoms with van der Waals surface area (Å²) in [7, 11) is 0. The van der Waals surface area contributed by atoms with E-state index in [2.05, 4.69) is 16.4 Å². The molecule has 0 spiro atoms. The molecule has 14 heavy (non-hydrogen) atoms. The zero-order valence-corrected chi connectivity index (χ0v) is 9.31. The standard InChI is InChI=1S/C11H16N2S/c1-9-7-10(4-5-12-9)13-11-3-2-6-14-8-11/h4-5,7,11H,2-3,6,8H2,1H3,(H,12,13). The minimum Gasteiger partial charge on any atom is -0.381 e. The van der Waals surface area contributed by atoms with Crippen molar-refractivity contribution in [3.63, 3.8) is 0 Å². The predicted octanol–water partition coefficient (Wildman–Crippen LogP) is 2.70. The molecule has 2 rings (SSSR count). The maximum atomic E-state index is 4.19. The van der Waals surface area contributed by atoms with Gasteiger partial charge < -0.3 is 5.32 Å². The molecular weight excluding hydrogens is 192 g/mol. The summed E-state index contributed by atoms with van der Waals surface area (Å²) in [5, 5.41) is 3.56. The summed E-state index contributed by atoms with van der Waals surface area (Å²) in [5.41, 5.74) is 2.29. The van der Waals surface area contributed by atoms with Crippen molar-refractivity contribution < 1.29 is 0 Å². The Hall–Kier alpha value is -0.700. The number of aromatic nitrogens is 1. The van der Waals surface area contributed by atoms with Gasteiger partial charge >= 0.3 is 0 Å². The molecule has 1 aliphatic rings. The zero-order valence-electron chi connectivity index (χ0n) is 8.49. The quantitative estimate of drug-likeness (QED) is 0.809. The number of hydrogen-bond acceptors (Lipinski definition) is 3. The second-order valence-electron chi connectivity index (χ2n) is 3.74. The summed E-state index contributed by atoms with van der Waals surface area (Å²) in [6, 6.07) is 4.81. The number of nitrogens with zero attached hydrogens (tertiary/aromatic N) is 1. The molecule has 1 atom stereocenters. The molecular formula is C11H16N2S. The monoisotopic (exact) mass is 208 g/mol. The number of thioether (sulfide) groups is 1. The number of hydrogen-bond donors (Lipinski definition) is 1. The normalized spacial score (nSPS) is 21.9. The summed E-state index contributed by atoms with van der Waals surface area (Å²) < 4.78 is 0. The number of rotatable bonds is 2. The third-order valence-electron chi connectivity index (χ3n) is 2.43. The van der Waals surface area contributed by atoms with E-state index in [1.807, 2.05) is 30.9 Å². The van der Waals surface area contributed by atoms with Crippen molar-refractivity contribution in [1.82, 2.24) is 4.98 Å². The van der Waals surface area contributed by atoms with Crippen molar-refractivity contribution in [2.24, 2.45) is 0 Å². The summed E-state index contributed by atoms with van der Waals surface area (Å²) in [5.74, 6) is 2.56. The largest absolute Gasteiger partial charge is 0.381 e. The minimum absolute atomic E-state index is 0.649. The molecule has 76 valence electrons. The Bertz CT molecular complexity index is 295. The van der Waals surface area contributed by atoms with E-state index in [1.165, 1.54) is 30.0 Å². The van der Waals surface area contributed by atoms with Crippen LogP contribution in [0.2, 0.25) is 0 Å². The first-order chi connectivity index (χ1) is 6.84. The van der Waals surface area contributed by atoms with Crippen LogP contribution >= 0.6 is 11.8 Å². The molecule has 1 aliphatic heterocycles. The van der Waals surface area contributed by atoms with Crippen LogP contribution in [0.4, 0.5) is 5.69 Å². The van der Waals surface area contributed by atoms with Gasteiger partial charge in [-0.15, -0.1) is 0 Å². The number of anilines is 1. The van der Waals surface area contributed by atoms with E-state index in [0.29, 0.717) is 6.04 Å². The highest BCUT2D eigenvalue weighted by molar-refractivity contribution is 7.99. The van der Waals surface area contributed by atoms with Gasteiger partial charge in [-0.2, -0.15) is 11.8 Å². The van der Waals surface area contributed by atoms with Crippen LogP contribution in [-0.2, 0) is 0 Å². The Morgan fingerprint density at radius 2 is 2.50 bits per heavy atom. The predicted molar refractivity (Wildman–Crippen MR) is 62.9 cm³/mol. The van der Waals surface area contributed by atoms with Crippen molar-refractivity contribution in [3.05, 3.63) is 24.0 Å². The maximum absolute atomic E-state index is 4.19. The first kappa shape index (κ1) is 9.84. The molecule has 2 nitrogen and oxygen atoms in total. The van der Waals surface area contributed by atoms with Gasteiger partial charge in [0.2, 0.25) is 0 Å². The lowest BCUT2D eigenvalue weighted by molar-refractivity contribution is 0.685. The van der Waals surface area contributed by atoms with Crippen LogP contribution in [-0.4, -0.2) is 22.5 Å². The van der Waals surface area contributed by atoms with E-state index in [9.17, 15) is 0 Å². The van der Waals surface area contributed by atoms with Gasteiger partial charge in [-0.1, -0.05) is 0 Å². The molecule has 0 aliphatic carbocycles. The zero-order chi connectivity index (χ0) is 9.80. The third-order valence-corrected chi connectivity index (χ3v) is 3.64. The number of pyridine rings is 1. The van der Waals surface area contributed by atoms with Gasteiger partial charge in [0.1, 0.15) is 0 Å². The van der Waals surface area contributed by atoms with E-state index in [4.69, 9.17) is 0 Å². The van der Waals surface area contributed by atoms with Crippen molar-refractivity contribution in [2.45, 2.75) is 25.8 Å². The molecule has 1 unspecified atom stereocenters. The highest BCUT2D eigenvalue weighted by Gasteiger charge is 2.12. The lowest BCUT2D eigenvalue weighted by Crippen LogP contribution is -2.25. The summed E-state index contributed by atoms with van der Waals surface area (Å²) in [6.07, 6.45) is 4.51. The Morgan fingerprint density at radius 3 is 3.21 bits per heavy atom. The molecule has 1 N–H and O–H groups in total. The maximum Gasteiger partial charge on any atom is 0.0393 e. The number of aryl methyl sites for hydroxylation is 1. The Morgan fingerprint density at radius 1 is 1.57 bits per heavy atom. The SMILES string of the molecule is Cc1cc(NC2CCCSC2)ccn1. The lowest BCUT2D eigenvalue weighted by Gasteiger charge is -2.23. The summed E-state index contributed by atoms with van der Waals surface area (Å²) in [4.78, 5) is 4.19. The van der Waals surface area contributed by atoms with Crippen molar-refractivity contribution in [1.29, 1.82) is 0 Å². The summed E-state index contributed by atoms with van der Waals surface area (Å²) >= 11 is 2.05. The van der Waals surface area contributed by atoms with E-state index in [-0.39, 0.29) is 0 Å². The smallest absolute Gasteiger partial charge is 0.0393 e. The fraction of sp³-hybridized carbons (Fsp3) is 0.545. The molecule has 0 bridgehead atoms. The van der Waals surface area contributed by atoms with Crippen molar-refractivity contribution in [2.75, 3.05) is 16.8 Å². The molecule has 3 heteroatoms. The van der Waals surface area contributed by atoms with Gasteiger partial charge in [-0.3, -0.25) is 4.98 Å². The van der Waals surface area contributed by atoms with Crippen molar-refractivity contribution >= 4 is 17.4 Å². The minimum atomic E-state index is 0.649. The second-order valence-corrected chi connectivity index (χ2v) is 4.89. The number of nitrogens with one attached hydrogen (secondary N) is 1. The molecule has 1 fully saturated rings. The van der Waals surface area contributed by atoms with Gasteiger partial charge in [0.15, 0.2) is 0 Å². The fourth-order valence-corrected chi connectivity index (χ4v) is 2.80. The first-order valence-electron chi connectivity index (χ1n) is 5.11. The molecule has 0 radical (unpaired) electrons.